The SMILES string of the molecule is Cc1[nH]nc2nc(-c3ccc(N)cc3F)c(C#N)c(-c3ccc(N4CCNCC4)cc3)c12.Cl. The van der Waals surface area contributed by atoms with Crippen LogP contribution in [0.3, 0.4) is 0 Å². The number of aromatic amines is 1. The second-order valence-corrected chi connectivity index (χ2v) is 7.89. The highest BCUT2D eigenvalue weighted by atomic mass is 35.5. The van der Waals surface area contributed by atoms with Crippen molar-refractivity contribution < 1.29 is 4.39 Å². The van der Waals surface area contributed by atoms with Gasteiger partial charge in [0.15, 0.2) is 5.65 Å². The Morgan fingerprint density at radius 3 is 2.52 bits per heavy atom. The highest BCUT2D eigenvalue weighted by Gasteiger charge is 2.23. The predicted octanol–water partition coefficient (Wildman–Crippen LogP) is 4.02. The number of aryl methyl sites for hydroxylation is 1. The molecule has 1 aliphatic rings. The van der Waals surface area contributed by atoms with Gasteiger partial charge in [0, 0.05) is 54.4 Å². The zero-order valence-corrected chi connectivity index (χ0v) is 18.8. The van der Waals surface area contributed by atoms with Gasteiger partial charge in [-0.05, 0) is 42.8 Å². The molecule has 3 heterocycles. The number of piperazine rings is 1. The lowest BCUT2D eigenvalue weighted by molar-refractivity contribution is 0.589. The first-order valence-electron chi connectivity index (χ1n) is 10.5. The van der Waals surface area contributed by atoms with Crippen molar-refractivity contribution in [2.24, 2.45) is 0 Å². The summed E-state index contributed by atoms with van der Waals surface area (Å²) in [6.07, 6.45) is 0. The van der Waals surface area contributed by atoms with Crippen LogP contribution in [0.5, 0.6) is 0 Å². The Bertz CT molecular complexity index is 1350. The molecule has 5 rings (SSSR count). The smallest absolute Gasteiger partial charge is 0.182 e. The zero-order valence-electron chi connectivity index (χ0n) is 18.0. The van der Waals surface area contributed by atoms with E-state index in [1.165, 1.54) is 6.07 Å². The largest absolute Gasteiger partial charge is 0.399 e. The fourth-order valence-corrected chi connectivity index (χ4v) is 4.28. The molecule has 2 aromatic heterocycles. The van der Waals surface area contributed by atoms with Crippen LogP contribution in [0.2, 0.25) is 0 Å². The number of H-pyrrole nitrogens is 1. The Morgan fingerprint density at radius 1 is 1.12 bits per heavy atom. The van der Waals surface area contributed by atoms with Crippen molar-refractivity contribution in [2.75, 3.05) is 36.8 Å². The van der Waals surface area contributed by atoms with Crippen LogP contribution in [0.1, 0.15) is 11.3 Å². The molecular formula is C24H23ClFN7. The van der Waals surface area contributed by atoms with Crippen LogP contribution in [0.25, 0.3) is 33.4 Å². The highest BCUT2D eigenvalue weighted by molar-refractivity contribution is 6.01. The summed E-state index contributed by atoms with van der Waals surface area (Å²) in [6, 6.07) is 14.8. The van der Waals surface area contributed by atoms with Crippen LogP contribution in [0, 0.1) is 24.1 Å². The topological polar surface area (TPSA) is 107 Å². The third-order valence-electron chi connectivity index (χ3n) is 5.88. The quantitative estimate of drug-likeness (QED) is 0.396. The summed E-state index contributed by atoms with van der Waals surface area (Å²) in [7, 11) is 0. The maximum atomic E-state index is 14.8. The number of fused-ring (bicyclic) bond motifs is 1. The number of hydrogen-bond donors (Lipinski definition) is 3. The van der Waals surface area contributed by atoms with Gasteiger partial charge in [0.05, 0.1) is 16.6 Å². The van der Waals surface area contributed by atoms with Crippen LogP contribution in [-0.2, 0) is 0 Å². The molecule has 0 radical (unpaired) electrons. The monoisotopic (exact) mass is 463 g/mol. The molecule has 1 aliphatic heterocycles. The maximum Gasteiger partial charge on any atom is 0.182 e. The van der Waals surface area contributed by atoms with Crippen LogP contribution in [0.15, 0.2) is 42.5 Å². The summed E-state index contributed by atoms with van der Waals surface area (Å²) in [4.78, 5) is 6.87. The average Bonchev–Trinajstić information content (AvgIpc) is 3.19. The first kappa shape index (κ1) is 22.5. The second-order valence-electron chi connectivity index (χ2n) is 7.89. The average molecular weight is 464 g/mol. The van der Waals surface area contributed by atoms with Crippen molar-refractivity contribution in [3.8, 4) is 28.5 Å². The van der Waals surface area contributed by atoms with Crippen LogP contribution in [-0.4, -0.2) is 41.4 Å². The number of benzene rings is 2. The molecule has 0 bridgehead atoms. The Balaban J connectivity index is 0.00000259. The van der Waals surface area contributed by atoms with Crippen molar-refractivity contribution in [3.05, 3.63) is 59.5 Å². The van der Waals surface area contributed by atoms with Crippen LogP contribution >= 0.6 is 12.4 Å². The van der Waals surface area contributed by atoms with Crippen LogP contribution in [0.4, 0.5) is 15.8 Å². The third-order valence-corrected chi connectivity index (χ3v) is 5.88. The standard InChI is InChI=1S/C24H22FN7.ClH/c1-14-21-22(15-2-5-17(6-3-15)32-10-8-28-9-11-32)19(13-26)23(29-24(21)31-30-14)18-7-4-16(27)12-20(18)25;/h2-7,12,28H,8-11,27H2,1H3,(H,29,30,31);1H. The van der Waals surface area contributed by atoms with Crippen molar-refractivity contribution in [1.82, 2.24) is 20.5 Å². The molecule has 0 unspecified atom stereocenters. The van der Waals surface area contributed by atoms with Crippen molar-refractivity contribution in [2.45, 2.75) is 6.92 Å². The van der Waals surface area contributed by atoms with Crippen LogP contribution < -0.4 is 16.0 Å². The van der Waals surface area contributed by atoms with Gasteiger partial charge >= 0.3 is 0 Å². The molecule has 4 aromatic rings. The van der Waals surface area contributed by atoms with Gasteiger partial charge in [0.1, 0.15) is 11.9 Å². The fraction of sp³-hybridized carbons (Fsp3) is 0.208. The minimum Gasteiger partial charge on any atom is -0.399 e. The van der Waals surface area contributed by atoms with Gasteiger partial charge in [-0.25, -0.2) is 9.37 Å². The van der Waals surface area contributed by atoms with Gasteiger partial charge in [0.2, 0.25) is 0 Å². The Labute approximate surface area is 196 Å². The van der Waals surface area contributed by atoms with Crippen molar-refractivity contribution in [3.63, 3.8) is 0 Å². The van der Waals surface area contributed by atoms with E-state index in [2.05, 4.69) is 43.6 Å². The molecule has 168 valence electrons. The summed E-state index contributed by atoms with van der Waals surface area (Å²) in [5, 5.41) is 21.5. The second kappa shape index (κ2) is 9.06. The Kier molecular flexibility index (Phi) is 6.18. The molecule has 0 amide bonds. The molecule has 2 aromatic carbocycles. The predicted molar refractivity (Wildman–Crippen MR) is 131 cm³/mol. The summed E-state index contributed by atoms with van der Waals surface area (Å²) in [5.74, 6) is -0.527. The number of rotatable bonds is 3. The van der Waals surface area contributed by atoms with E-state index in [-0.39, 0.29) is 23.7 Å². The zero-order chi connectivity index (χ0) is 22.2. The van der Waals surface area contributed by atoms with Gasteiger partial charge in [0.25, 0.3) is 0 Å². The first-order valence-corrected chi connectivity index (χ1v) is 10.5. The number of anilines is 2. The van der Waals surface area contributed by atoms with E-state index >= 15 is 0 Å². The number of hydrogen-bond acceptors (Lipinski definition) is 6. The summed E-state index contributed by atoms with van der Waals surface area (Å²) < 4.78 is 14.8. The van der Waals surface area contributed by atoms with Crippen molar-refractivity contribution in [1.29, 1.82) is 5.26 Å². The summed E-state index contributed by atoms with van der Waals surface area (Å²) >= 11 is 0. The van der Waals surface area contributed by atoms with E-state index in [1.54, 1.807) is 12.1 Å². The van der Waals surface area contributed by atoms with Gasteiger partial charge < -0.3 is 16.0 Å². The molecular weight excluding hydrogens is 441 g/mol. The molecule has 7 nitrogen and oxygen atoms in total. The third kappa shape index (κ3) is 3.97. The molecule has 9 heteroatoms. The fourth-order valence-electron chi connectivity index (χ4n) is 4.28. The molecule has 4 N–H and O–H groups in total. The minimum atomic E-state index is -0.527. The molecule has 0 aliphatic carbocycles. The minimum absolute atomic E-state index is 0. The number of pyridine rings is 1. The molecule has 1 fully saturated rings. The highest BCUT2D eigenvalue weighted by Crippen LogP contribution is 2.38. The molecule has 0 saturated carbocycles. The van der Waals surface area contributed by atoms with E-state index < -0.39 is 5.82 Å². The number of nitriles is 1. The van der Waals surface area contributed by atoms with E-state index in [4.69, 9.17) is 5.73 Å². The van der Waals surface area contributed by atoms with E-state index in [0.717, 1.165) is 48.5 Å². The van der Waals surface area contributed by atoms with E-state index in [0.29, 0.717) is 22.5 Å². The number of nitrogens with one attached hydrogen (secondary N) is 2. The lowest BCUT2D eigenvalue weighted by Gasteiger charge is -2.29. The summed E-state index contributed by atoms with van der Waals surface area (Å²) in [6.45, 7) is 5.69. The molecule has 1 saturated heterocycles. The molecule has 0 atom stereocenters. The summed E-state index contributed by atoms with van der Waals surface area (Å²) in [5.41, 5.74) is 10.7. The Hall–Kier alpha value is -3.67. The number of nitrogen functional groups attached to an aromatic ring is 1. The number of nitrogens with two attached hydrogens (primary N) is 1. The molecule has 0 spiro atoms. The molecule has 33 heavy (non-hydrogen) atoms. The van der Waals surface area contributed by atoms with E-state index in [9.17, 15) is 9.65 Å². The lowest BCUT2D eigenvalue weighted by atomic mass is 9.93. The van der Waals surface area contributed by atoms with Gasteiger partial charge in [-0.15, -0.1) is 12.4 Å². The van der Waals surface area contributed by atoms with Gasteiger partial charge in [-0.2, -0.15) is 10.4 Å². The normalized spacial score (nSPS) is 13.5. The number of aromatic nitrogens is 3. The maximum absolute atomic E-state index is 14.8. The number of halogens is 2. The number of nitrogens with zero attached hydrogens (tertiary/aromatic N) is 4. The lowest BCUT2D eigenvalue weighted by Crippen LogP contribution is -2.43. The van der Waals surface area contributed by atoms with E-state index in [1.807, 2.05) is 19.1 Å². The van der Waals surface area contributed by atoms with Gasteiger partial charge in [-0.1, -0.05) is 12.1 Å². The Morgan fingerprint density at radius 2 is 1.85 bits per heavy atom. The first-order chi connectivity index (χ1) is 15.6. The van der Waals surface area contributed by atoms with Crippen molar-refractivity contribution >= 4 is 34.8 Å². The van der Waals surface area contributed by atoms with Gasteiger partial charge in [-0.3, -0.25) is 5.10 Å².